The number of carbonyl (C=O) groups is 1. The van der Waals surface area contributed by atoms with Crippen LogP contribution in [0.5, 0.6) is 23.0 Å². The quantitative estimate of drug-likeness (QED) is 0.371. The largest absolute Gasteiger partial charge is 0.490 e. The van der Waals surface area contributed by atoms with Crippen LogP contribution >= 0.6 is 22.6 Å². The molecule has 0 spiro atoms. The summed E-state index contributed by atoms with van der Waals surface area (Å²) in [6.07, 6.45) is 1.56. The van der Waals surface area contributed by atoms with E-state index in [1.54, 1.807) is 24.4 Å². The van der Waals surface area contributed by atoms with Gasteiger partial charge in [0.1, 0.15) is 0 Å². The molecule has 1 N–H and O–H groups in total. The molecule has 0 fully saturated rings. The molecule has 3 rings (SSSR count). The maximum absolute atomic E-state index is 12.2. The number of amides is 1. The van der Waals surface area contributed by atoms with E-state index in [1.807, 2.05) is 26.0 Å². The van der Waals surface area contributed by atoms with Crippen LogP contribution in [0.4, 0.5) is 0 Å². The molecule has 0 unspecified atom stereocenters. The second-order valence-corrected chi connectivity index (χ2v) is 6.63. The zero-order valence-corrected chi connectivity index (χ0v) is 17.1. The fraction of sp³-hybridized carbons (Fsp3) is 0.263. The van der Waals surface area contributed by atoms with E-state index in [9.17, 15) is 4.79 Å². The number of hydrazone groups is 1. The van der Waals surface area contributed by atoms with Crippen molar-refractivity contribution in [2.24, 2.45) is 5.10 Å². The van der Waals surface area contributed by atoms with E-state index in [-0.39, 0.29) is 12.7 Å². The van der Waals surface area contributed by atoms with E-state index in [4.69, 9.17) is 18.9 Å². The number of rotatable bonds is 7. The average Bonchev–Trinajstić information content (AvgIpc) is 3.12. The molecule has 8 heteroatoms. The van der Waals surface area contributed by atoms with Gasteiger partial charge in [-0.25, -0.2) is 5.43 Å². The zero-order chi connectivity index (χ0) is 19.2. The summed E-state index contributed by atoms with van der Waals surface area (Å²) in [5.41, 5.74) is 3.74. The van der Waals surface area contributed by atoms with Gasteiger partial charge in [-0.15, -0.1) is 0 Å². The van der Waals surface area contributed by atoms with Gasteiger partial charge in [0.2, 0.25) is 6.79 Å². The molecule has 0 aliphatic carbocycles. The van der Waals surface area contributed by atoms with Crippen LogP contribution < -0.4 is 24.4 Å². The highest BCUT2D eigenvalue weighted by molar-refractivity contribution is 14.1. The molecule has 1 aliphatic rings. The number of nitrogens with zero attached hydrogens (tertiary/aromatic N) is 1. The summed E-state index contributed by atoms with van der Waals surface area (Å²) in [6.45, 7) is 5.07. The molecular formula is C19H19IN2O5. The molecule has 2 aromatic rings. The topological polar surface area (TPSA) is 78.4 Å². The molecule has 142 valence electrons. The van der Waals surface area contributed by atoms with Gasteiger partial charge < -0.3 is 18.9 Å². The number of hydrogen-bond donors (Lipinski definition) is 1. The lowest BCUT2D eigenvalue weighted by atomic mass is 10.2. The Morgan fingerprint density at radius 2 is 1.96 bits per heavy atom. The Morgan fingerprint density at radius 3 is 2.74 bits per heavy atom. The summed E-state index contributed by atoms with van der Waals surface area (Å²) in [5, 5.41) is 4.03. The minimum Gasteiger partial charge on any atom is -0.490 e. The summed E-state index contributed by atoms with van der Waals surface area (Å²) < 4.78 is 22.7. The van der Waals surface area contributed by atoms with Gasteiger partial charge in [0, 0.05) is 5.56 Å². The molecule has 27 heavy (non-hydrogen) atoms. The monoisotopic (exact) mass is 482 g/mol. The van der Waals surface area contributed by atoms with Crippen molar-refractivity contribution in [1.29, 1.82) is 0 Å². The van der Waals surface area contributed by atoms with Gasteiger partial charge in [0.15, 0.2) is 23.0 Å². The number of halogens is 1. The SMILES string of the molecule is CCOc1cc(C=NNC(=O)c2ccc3c(c2)OCO3)cc(I)c1OCC. The Morgan fingerprint density at radius 1 is 1.19 bits per heavy atom. The Hall–Kier alpha value is -2.49. The van der Waals surface area contributed by atoms with E-state index in [0.29, 0.717) is 41.8 Å². The van der Waals surface area contributed by atoms with Gasteiger partial charge in [0.05, 0.1) is 23.0 Å². The molecular weight excluding hydrogens is 463 g/mol. The highest BCUT2D eigenvalue weighted by atomic mass is 127. The number of carbonyl (C=O) groups excluding carboxylic acids is 1. The molecule has 0 saturated carbocycles. The third kappa shape index (κ3) is 4.62. The molecule has 7 nitrogen and oxygen atoms in total. The van der Waals surface area contributed by atoms with E-state index in [0.717, 1.165) is 9.13 Å². The number of nitrogens with one attached hydrogen (secondary N) is 1. The first kappa shape index (κ1) is 19.3. The van der Waals surface area contributed by atoms with Crippen molar-refractivity contribution in [3.63, 3.8) is 0 Å². The summed E-state index contributed by atoms with van der Waals surface area (Å²) in [5.74, 6) is 2.20. The summed E-state index contributed by atoms with van der Waals surface area (Å²) >= 11 is 2.19. The van der Waals surface area contributed by atoms with Crippen LogP contribution in [-0.2, 0) is 0 Å². The molecule has 0 radical (unpaired) electrons. The van der Waals surface area contributed by atoms with Crippen molar-refractivity contribution in [2.45, 2.75) is 13.8 Å². The molecule has 0 saturated heterocycles. The minimum atomic E-state index is -0.338. The normalized spacial score (nSPS) is 12.3. The fourth-order valence-electron chi connectivity index (χ4n) is 2.48. The van der Waals surface area contributed by atoms with Crippen molar-refractivity contribution >= 4 is 34.7 Å². The Kier molecular flexibility index (Phi) is 6.38. The highest BCUT2D eigenvalue weighted by Gasteiger charge is 2.16. The lowest BCUT2D eigenvalue weighted by Gasteiger charge is -2.13. The summed E-state index contributed by atoms with van der Waals surface area (Å²) in [6, 6.07) is 8.72. The second kappa shape index (κ2) is 8.94. The molecule has 0 bridgehead atoms. The van der Waals surface area contributed by atoms with E-state index < -0.39 is 0 Å². The molecule has 1 heterocycles. The van der Waals surface area contributed by atoms with Crippen LogP contribution in [0, 0.1) is 3.57 Å². The lowest BCUT2D eigenvalue weighted by molar-refractivity contribution is 0.0954. The van der Waals surface area contributed by atoms with Gasteiger partial charge in [-0.1, -0.05) is 0 Å². The molecule has 1 amide bonds. The van der Waals surface area contributed by atoms with Crippen molar-refractivity contribution in [1.82, 2.24) is 5.43 Å². The van der Waals surface area contributed by atoms with Crippen molar-refractivity contribution < 1.29 is 23.7 Å². The van der Waals surface area contributed by atoms with Crippen molar-refractivity contribution in [3.8, 4) is 23.0 Å². The number of ether oxygens (including phenoxy) is 4. The van der Waals surface area contributed by atoms with Crippen molar-refractivity contribution in [2.75, 3.05) is 20.0 Å². The van der Waals surface area contributed by atoms with Gasteiger partial charge >= 0.3 is 0 Å². The predicted octanol–water partition coefficient (Wildman–Crippen LogP) is 3.58. The van der Waals surface area contributed by atoms with E-state index in [2.05, 4.69) is 33.1 Å². The van der Waals surface area contributed by atoms with Crippen LogP contribution in [0.3, 0.4) is 0 Å². The standard InChI is InChI=1S/C19H19IN2O5/c1-3-24-17-8-12(7-14(20)18(17)25-4-2)10-21-22-19(23)13-5-6-15-16(9-13)27-11-26-15/h5-10H,3-4,11H2,1-2H3,(H,22,23). The molecule has 2 aromatic carbocycles. The second-order valence-electron chi connectivity index (χ2n) is 5.46. The van der Waals surface area contributed by atoms with Crippen LogP contribution in [0.1, 0.15) is 29.8 Å². The van der Waals surface area contributed by atoms with Crippen molar-refractivity contribution in [3.05, 3.63) is 45.0 Å². The summed E-state index contributed by atoms with van der Waals surface area (Å²) in [4.78, 5) is 12.2. The van der Waals surface area contributed by atoms with Crippen LogP contribution in [0.25, 0.3) is 0 Å². The Bertz CT molecular complexity index is 869. The van der Waals surface area contributed by atoms with Gasteiger partial charge in [-0.2, -0.15) is 5.10 Å². The smallest absolute Gasteiger partial charge is 0.271 e. The van der Waals surface area contributed by atoms with Crippen LogP contribution in [0.15, 0.2) is 35.4 Å². The Balaban J connectivity index is 1.71. The number of hydrogen-bond acceptors (Lipinski definition) is 6. The maximum Gasteiger partial charge on any atom is 0.271 e. The van der Waals surface area contributed by atoms with Gasteiger partial charge in [0.25, 0.3) is 5.91 Å². The first-order valence-corrected chi connectivity index (χ1v) is 9.52. The van der Waals surface area contributed by atoms with Crippen LogP contribution in [-0.4, -0.2) is 32.1 Å². The first-order chi connectivity index (χ1) is 13.1. The van der Waals surface area contributed by atoms with Crippen LogP contribution in [0.2, 0.25) is 0 Å². The highest BCUT2D eigenvalue weighted by Crippen LogP contribution is 2.34. The van der Waals surface area contributed by atoms with E-state index in [1.165, 1.54) is 0 Å². The Labute approximate surface area is 170 Å². The third-order valence-electron chi connectivity index (χ3n) is 3.63. The predicted molar refractivity (Wildman–Crippen MR) is 109 cm³/mol. The number of benzene rings is 2. The first-order valence-electron chi connectivity index (χ1n) is 8.44. The summed E-state index contributed by atoms with van der Waals surface area (Å²) in [7, 11) is 0. The van der Waals surface area contributed by atoms with Gasteiger partial charge in [-0.3, -0.25) is 4.79 Å². The third-order valence-corrected chi connectivity index (χ3v) is 4.44. The minimum absolute atomic E-state index is 0.164. The zero-order valence-electron chi connectivity index (χ0n) is 15.0. The molecule has 0 atom stereocenters. The lowest BCUT2D eigenvalue weighted by Crippen LogP contribution is -2.17. The maximum atomic E-state index is 12.2. The van der Waals surface area contributed by atoms with Gasteiger partial charge in [-0.05, 0) is 72.3 Å². The molecule has 1 aliphatic heterocycles. The number of fused-ring (bicyclic) bond motifs is 1. The fourth-order valence-corrected chi connectivity index (χ4v) is 3.26. The van der Waals surface area contributed by atoms with E-state index >= 15 is 0 Å². The average molecular weight is 482 g/mol. The molecule has 0 aromatic heterocycles.